The Hall–Kier alpha value is -1.72. The molecule has 0 saturated carbocycles. The molecule has 1 aromatic carbocycles. The van der Waals surface area contributed by atoms with Crippen molar-refractivity contribution in [3.05, 3.63) is 29.3 Å². The second kappa shape index (κ2) is 5.29. The zero-order chi connectivity index (χ0) is 13.1. The number of aliphatic hydroxyl groups is 1. The van der Waals surface area contributed by atoms with Gasteiger partial charge in [0.05, 0.1) is 31.1 Å². The Morgan fingerprint density at radius 2 is 2.06 bits per heavy atom. The standard InChI is InChI=1S/C13H15NO4/c1-9-2-3-11-10(8-9)12(16)13(17)14(11)4-6-18-7-5-15/h2-3,8,15H,4-7H2,1H3. The van der Waals surface area contributed by atoms with Crippen LogP contribution in [0.3, 0.4) is 0 Å². The van der Waals surface area contributed by atoms with Crippen LogP contribution in [-0.2, 0) is 9.53 Å². The highest BCUT2D eigenvalue weighted by molar-refractivity contribution is 6.52. The molecule has 0 saturated heterocycles. The summed E-state index contributed by atoms with van der Waals surface area (Å²) in [6, 6.07) is 5.37. The van der Waals surface area contributed by atoms with Crippen molar-refractivity contribution in [2.45, 2.75) is 6.92 Å². The summed E-state index contributed by atoms with van der Waals surface area (Å²) in [5, 5.41) is 8.58. The molecule has 1 amide bonds. The number of aliphatic hydroxyl groups excluding tert-OH is 1. The summed E-state index contributed by atoms with van der Waals surface area (Å²) in [5.41, 5.74) is 2.05. The van der Waals surface area contributed by atoms with Crippen LogP contribution in [0, 0.1) is 6.92 Å². The molecule has 1 aliphatic heterocycles. The number of benzene rings is 1. The lowest BCUT2D eigenvalue weighted by Gasteiger charge is -2.16. The van der Waals surface area contributed by atoms with Gasteiger partial charge in [0, 0.05) is 6.54 Å². The Labute approximate surface area is 105 Å². The lowest BCUT2D eigenvalue weighted by Crippen LogP contribution is -2.33. The van der Waals surface area contributed by atoms with E-state index in [0.29, 0.717) is 24.4 Å². The number of anilines is 1. The van der Waals surface area contributed by atoms with Gasteiger partial charge in [0.2, 0.25) is 0 Å². The van der Waals surface area contributed by atoms with E-state index in [9.17, 15) is 9.59 Å². The molecule has 5 heteroatoms. The Morgan fingerprint density at radius 3 is 2.78 bits per heavy atom. The van der Waals surface area contributed by atoms with Gasteiger partial charge >= 0.3 is 0 Å². The van der Waals surface area contributed by atoms with Crippen molar-refractivity contribution in [2.75, 3.05) is 31.3 Å². The van der Waals surface area contributed by atoms with Crippen LogP contribution in [0.1, 0.15) is 15.9 Å². The third kappa shape index (κ3) is 2.27. The third-order valence-corrected chi connectivity index (χ3v) is 2.82. The van der Waals surface area contributed by atoms with E-state index >= 15 is 0 Å². The summed E-state index contributed by atoms with van der Waals surface area (Å²) in [4.78, 5) is 25.0. The van der Waals surface area contributed by atoms with Crippen molar-refractivity contribution in [1.29, 1.82) is 0 Å². The van der Waals surface area contributed by atoms with Gasteiger partial charge in [0.1, 0.15) is 0 Å². The van der Waals surface area contributed by atoms with Crippen LogP contribution in [-0.4, -0.2) is 43.2 Å². The first-order chi connectivity index (χ1) is 8.65. The number of fused-ring (bicyclic) bond motifs is 1. The number of aryl methyl sites for hydroxylation is 1. The molecule has 0 aliphatic carbocycles. The highest BCUT2D eigenvalue weighted by atomic mass is 16.5. The number of carbonyl (C=O) groups excluding carboxylic acids is 2. The number of nitrogens with zero attached hydrogens (tertiary/aromatic N) is 1. The first-order valence-electron chi connectivity index (χ1n) is 5.80. The zero-order valence-corrected chi connectivity index (χ0v) is 10.2. The van der Waals surface area contributed by atoms with Crippen molar-refractivity contribution < 1.29 is 19.4 Å². The number of Topliss-reactive ketones (excluding diaryl/α,β-unsaturated/α-hetero) is 1. The van der Waals surface area contributed by atoms with E-state index in [2.05, 4.69) is 0 Å². The molecule has 0 aromatic heterocycles. The van der Waals surface area contributed by atoms with Crippen molar-refractivity contribution >= 4 is 17.4 Å². The van der Waals surface area contributed by atoms with Gasteiger partial charge in [0.15, 0.2) is 0 Å². The van der Waals surface area contributed by atoms with E-state index in [1.807, 2.05) is 13.0 Å². The lowest BCUT2D eigenvalue weighted by molar-refractivity contribution is -0.114. The molecule has 0 spiro atoms. The molecule has 1 aromatic rings. The molecule has 1 heterocycles. The SMILES string of the molecule is Cc1ccc2c(c1)C(=O)C(=O)N2CCOCCO. The maximum absolute atomic E-state index is 11.8. The van der Waals surface area contributed by atoms with Crippen molar-refractivity contribution in [3.63, 3.8) is 0 Å². The maximum Gasteiger partial charge on any atom is 0.299 e. The monoisotopic (exact) mass is 249 g/mol. The molecular weight excluding hydrogens is 234 g/mol. The molecule has 1 N–H and O–H groups in total. The van der Waals surface area contributed by atoms with E-state index in [-0.39, 0.29) is 13.2 Å². The van der Waals surface area contributed by atoms with E-state index in [1.165, 1.54) is 4.90 Å². The normalized spacial score (nSPS) is 14.2. The van der Waals surface area contributed by atoms with Crippen LogP contribution >= 0.6 is 0 Å². The molecule has 1 aliphatic rings. The van der Waals surface area contributed by atoms with E-state index in [4.69, 9.17) is 9.84 Å². The number of rotatable bonds is 5. The average molecular weight is 249 g/mol. The Bertz CT molecular complexity index is 484. The van der Waals surface area contributed by atoms with Crippen LogP contribution in [0.4, 0.5) is 5.69 Å². The Morgan fingerprint density at radius 1 is 1.28 bits per heavy atom. The molecule has 5 nitrogen and oxygen atoms in total. The highest BCUT2D eigenvalue weighted by Crippen LogP contribution is 2.29. The lowest BCUT2D eigenvalue weighted by atomic mass is 10.1. The number of hydrogen-bond acceptors (Lipinski definition) is 4. The molecule has 0 atom stereocenters. The van der Waals surface area contributed by atoms with Gasteiger partial charge in [-0.3, -0.25) is 9.59 Å². The fraction of sp³-hybridized carbons (Fsp3) is 0.385. The van der Waals surface area contributed by atoms with E-state index in [1.54, 1.807) is 12.1 Å². The van der Waals surface area contributed by atoms with Gasteiger partial charge in [-0.2, -0.15) is 0 Å². The fourth-order valence-corrected chi connectivity index (χ4v) is 1.96. The van der Waals surface area contributed by atoms with Crippen LogP contribution in [0.2, 0.25) is 0 Å². The second-order valence-corrected chi connectivity index (χ2v) is 4.14. The summed E-state index contributed by atoms with van der Waals surface area (Å²) < 4.78 is 5.11. The predicted octanol–water partition coefficient (Wildman–Crippen LogP) is 0.533. The van der Waals surface area contributed by atoms with E-state index in [0.717, 1.165) is 5.56 Å². The van der Waals surface area contributed by atoms with Crippen molar-refractivity contribution in [3.8, 4) is 0 Å². The number of ether oxygens (including phenoxy) is 1. The zero-order valence-electron chi connectivity index (χ0n) is 10.2. The molecule has 2 rings (SSSR count). The van der Waals surface area contributed by atoms with Gasteiger partial charge in [-0.05, 0) is 19.1 Å². The average Bonchev–Trinajstić information content (AvgIpc) is 2.59. The summed E-state index contributed by atoms with van der Waals surface area (Å²) in [5.74, 6) is -0.973. The van der Waals surface area contributed by atoms with Crippen LogP contribution in [0.5, 0.6) is 0 Å². The number of amides is 1. The van der Waals surface area contributed by atoms with Crippen LogP contribution in [0.15, 0.2) is 18.2 Å². The van der Waals surface area contributed by atoms with Crippen LogP contribution < -0.4 is 4.90 Å². The number of carbonyl (C=O) groups is 2. The molecule has 96 valence electrons. The first kappa shape index (κ1) is 12.7. The van der Waals surface area contributed by atoms with Crippen molar-refractivity contribution in [1.82, 2.24) is 0 Å². The Kier molecular flexibility index (Phi) is 3.74. The number of hydrogen-bond donors (Lipinski definition) is 1. The smallest absolute Gasteiger partial charge is 0.299 e. The quantitative estimate of drug-likeness (QED) is 0.610. The minimum Gasteiger partial charge on any atom is -0.394 e. The third-order valence-electron chi connectivity index (χ3n) is 2.82. The highest BCUT2D eigenvalue weighted by Gasteiger charge is 2.35. The minimum atomic E-state index is -0.511. The van der Waals surface area contributed by atoms with E-state index < -0.39 is 11.7 Å². The largest absolute Gasteiger partial charge is 0.394 e. The molecule has 0 unspecified atom stereocenters. The van der Waals surface area contributed by atoms with Crippen LogP contribution in [0.25, 0.3) is 0 Å². The molecule has 0 fully saturated rings. The van der Waals surface area contributed by atoms with Gasteiger partial charge in [-0.25, -0.2) is 0 Å². The summed E-state index contributed by atoms with van der Waals surface area (Å²) in [6.45, 7) is 2.68. The maximum atomic E-state index is 11.8. The van der Waals surface area contributed by atoms with Gasteiger partial charge in [-0.1, -0.05) is 11.6 Å². The van der Waals surface area contributed by atoms with Gasteiger partial charge < -0.3 is 14.7 Å². The summed E-state index contributed by atoms with van der Waals surface area (Å²) in [6.07, 6.45) is 0. The first-order valence-corrected chi connectivity index (χ1v) is 5.80. The van der Waals surface area contributed by atoms with Gasteiger partial charge in [-0.15, -0.1) is 0 Å². The summed E-state index contributed by atoms with van der Waals surface area (Å²) in [7, 11) is 0. The molecule has 0 radical (unpaired) electrons. The summed E-state index contributed by atoms with van der Waals surface area (Å²) >= 11 is 0. The minimum absolute atomic E-state index is 0.0529. The topological polar surface area (TPSA) is 66.8 Å². The predicted molar refractivity (Wildman–Crippen MR) is 65.8 cm³/mol. The molecular formula is C13H15NO4. The Balaban J connectivity index is 2.13. The number of ketones is 1. The molecule has 18 heavy (non-hydrogen) atoms. The fourth-order valence-electron chi connectivity index (χ4n) is 1.96. The molecule has 0 bridgehead atoms. The second-order valence-electron chi connectivity index (χ2n) is 4.14. The van der Waals surface area contributed by atoms with Crippen molar-refractivity contribution in [2.24, 2.45) is 0 Å². The van der Waals surface area contributed by atoms with Gasteiger partial charge in [0.25, 0.3) is 11.7 Å².